The fourth-order valence-corrected chi connectivity index (χ4v) is 4.62. The van der Waals surface area contributed by atoms with Gasteiger partial charge in [-0.2, -0.15) is 0 Å². The van der Waals surface area contributed by atoms with Crippen LogP contribution in [-0.4, -0.2) is 27.8 Å². The Morgan fingerprint density at radius 2 is 1.53 bits per heavy atom. The van der Waals surface area contributed by atoms with Crippen LogP contribution in [0.4, 0.5) is 0 Å². The molecule has 5 heteroatoms. The van der Waals surface area contributed by atoms with Gasteiger partial charge >= 0.3 is 8.56 Å². The molecule has 2 unspecified atom stereocenters. The summed E-state index contributed by atoms with van der Waals surface area (Å²) < 4.78 is 11.5. The van der Waals surface area contributed by atoms with E-state index >= 15 is 0 Å². The smallest absolute Gasteiger partial charge is 0.335 e. The standard InChI is InChI=1S/C10H25NO2Si.H3N/c1-6-12-14(5,13-7-2)8-9(3)10(4)11;/h9-10H,6-8,11H2,1-5H3;1H3. The van der Waals surface area contributed by atoms with Gasteiger partial charge < -0.3 is 20.7 Å². The molecule has 0 aliphatic carbocycles. The van der Waals surface area contributed by atoms with E-state index in [1.54, 1.807) is 0 Å². The van der Waals surface area contributed by atoms with Crippen LogP contribution in [0, 0.1) is 5.92 Å². The third kappa shape index (κ3) is 7.02. The molecule has 0 bridgehead atoms. The Hall–Kier alpha value is 0.0569. The average Bonchev–Trinajstić information content (AvgIpc) is 2.04. The topological polar surface area (TPSA) is 79.5 Å². The van der Waals surface area contributed by atoms with Crippen molar-refractivity contribution in [3.05, 3.63) is 0 Å². The molecule has 94 valence electrons. The molecule has 0 fully saturated rings. The minimum absolute atomic E-state index is 0. The number of hydrogen-bond acceptors (Lipinski definition) is 4. The third-order valence-electron chi connectivity index (χ3n) is 2.49. The van der Waals surface area contributed by atoms with Gasteiger partial charge in [-0.25, -0.2) is 0 Å². The van der Waals surface area contributed by atoms with Crippen LogP contribution in [0.3, 0.4) is 0 Å². The Morgan fingerprint density at radius 3 is 1.80 bits per heavy atom. The molecule has 4 nitrogen and oxygen atoms in total. The summed E-state index contributed by atoms with van der Waals surface area (Å²) in [5, 5.41) is 0. The third-order valence-corrected chi connectivity index (χ3v) is 5.67. The first-order valence-corrected chi connectivity index (χ1v) is 8.01. The molecular formula is C10H28N2O2Si. The van der Waals surface area contributed by atoms with Gasteiger partial charge in [-0.05, 0) is 39.3 Å². The van der Waals surface area contributed by atoms with Gasteiger partial charge in [0.05, 0.1) is 0 Å². The maximum atomic E-state index is 5.85. The molecule has 0 saturated carbocycles. The minimum Gasteiger partial charge on any atom is -0.395 e. The van der Waals surface area contributed by atoms with Crippen LogP contribution in [0.5, 0.6) is 0 Å². The van der Waals surface area contributed by atoms with Crippen molar-refractivity contribution in [1.29, 1.82) is 0 Å². The number of nitrogens with two attached hydrogens (primary N) is 1. The van der Waals surface area contributed by atoms with Gasteiger partial charge in [0.2, 0.25) is 0 Å². The van der Waals surface area contributed by atoms with Crippen LogP contribution >= 0.6 is 0 Å². The van der Waals surface area contributed by atoms with Crippen LogP contribution in [0.1, 0.15) is 27.7 Å². The van der Waals surface area contributed by atoms with Gasteiger partial charge in [0.25, 0.3) is 0 Å². The monoisotopic (exact) mass is 236 g/mol. The molecule has 0 aliphatic heterocycles. The summed E-state index contributed by atoms with van der Waals surface area (Å²) in [5.74, 6) is 0.463. The predicted octanol–water partition coefficient (Wildman–Crippen LogP) is 2.28. The number of hydrogen-bond donors (Lipinski definition) is 2. The van der Waals surface area contributed by atoms with Crippen molar-refractivity contribution in [2.45, 2.75) is 46.3 Å². The first-order valence-electron chi connectivity index (χ1n) is 5.48. The molecule has 0 saturated heterocycles. The lowest BCUT2D eigenvalue weighted by atomic mass is 10.1. The minimum atomic E-state index is -1.96. The molecule has 0 rings (SSSR count). The van der Waals surface area contributed by atoms with Gasteiger partial charge in [-0.3, -0.25) is 0 Å². The van der Waals surface area contributed by atoms with Crippen LogP contribution in [0.15, 0.2) is 0 Å². The summed E-state index contributed by atoms with van der Waals surface area (Å²) in [6.45, 7) is 11.8. The predicted molar refractivity (Wildman–Crippen MR) is 67.5 cm³/mol. The highest BCUT2D eigenvalue weighted by Gasteiger charge is 2.33. The Bertz CT molecular complexity index is 150. The Labute approximate surface area is 95.4 Å². The second kappa shape index (κ2) is 8.24. The summed E-state index contributed by atoms with van der Waals surface area (Å²) in [7, 11) is -1.96. The molecule has 0 aromatic rings. The maximum Gasteiger partial charge on any atom is 0.335 e. The van der Waals surface area contributed by atoms with Gasteiger partial charge in [-0.15, -0.1) is 0 Å². The van der Waals surface area contributed by atoms with E-state index in [1.807, 2.05) is 20.8 Å². The largest absolute Gasteiger partial charge is 0.395 e. The first kappa shape index (κ1) is 17.5. The lowest BCUT2D eigenvalue weighted by Crippen LogP contribution is -2.43. The average molecular weight is 236 g/mol. The highest BCUT2D eigenvalue weighted by atomic mass is 28.4. The Kier molecular flexibility index (Phi) is 9.58. The van der Waals surface area contributed by atoms with Crippen molar-refractivity contribution in [2.24, 2.45) is 11.7 Å². The van der Waals surface area contributed by atoms with E-state index in [1.165, 1.54) is 0 Å². The lowest BCUT2D eigenvalue weighted by Gasteiger charge is -2.29. The van der Waals surface area contributed by atoms with E-state index in [0.29, 0.717) is 5.92 Å². The highest BCUT2D eigenvalue weighted by Crippen LogP contribution is 2.21. The summed E-state index contributed by atoms with van der Waals surface area (Å²) in [4.78, 5) is 0. The van der Waals surface area contributed by atoms with Crippen LogP contribution < -0.4 is 11.9 Å². The first-order chi connectivity index (χ1) is 6.45. The quantitative estimate of drug-likeness (QED) is 0.665. The van der Waals surface area contributed by atoms with E-state index in [9.17, 15) is 0 Å². The number of rotatable bonds is 7. The SMILES string of the molecule is CCO[Si](C)(CC(C)C(C)N)OCC.N. The van der Waals surface area contributed by atoms with E-state index < -0.39 is 8.56 Å². The zero-order chi connectivity index (χ0) is 11.2. The van der Waals surface area contributed by atoms with Crippen LogP contribution in [0.2, 0.25) is 12.6 Å². The van der Waals surface area contributed by atoms with Gasteiger partial charge in [-0.1, -0.05) is 6.92 Å². The Morgan fingerprint density at radius 1 is 1.13 bits per heavy atom. The van der Waals surface area contributed by atoms with E-state index in [0.717, 1.165) is 19.3 Å². The molecule has 0 radical (unpaired) electrons. The molecule has 0 aromatic heterocycles. The van der Waals surface area contributed by atoms with E-state index in [2.05, 4.69) is 13.5 Å². The summed E-state index contributed by atoms with van der Waals surface area (Å²) in [5.41, 5.74) is 5.85. The van der Waals surface area contributed by atoms with Gasteiger partial charge in [0.15, 0.2) is 0 Å². The Balaban J connectivity index is 0. The zero-order valence-electron chi connectivity index (χ0n) is 10.9. The summed E-state index contributed by atoms with van der Waals surface area (Å²) in [6.07, 6.45) is 0. The normalized spacial score (nSPS) is 15.6. The van der Waals surface area contributed by atoms with Crippen molar-refractivity contribution in [2.75, 3.05) is 13.2 Å². The lowest BCUT2D eigenvalue weighted by molar-refractivity contribution is 0.183. The maximum absolute atomic E-state index is 5.85. The van der Waals surface area contributed by atoms with Crippen molar-refractivity contribution >= 4 is 8.56 Å². The van der Waals surface area contributed by atoms with Gasteiger partial charge in [0.1, 0.15) is 0 Å². The molecule has 15 heavy (non-hydrogen) atoms. The molecule has 5 N–H and O–H groups in total. The summed E-state index contributed by atoms with van der Waals surface area (Å²) in [6, 6.07) is 1.19. The molecule has 0 spiro atoms. The van der Waals surface area contributed by atoms with E-state index in [-0.39, 0.29) is 12.2 Å². The zero-order valence-corrected chi connectivity index (χ0v) is 11.9. The second-order valence-electron chi connectivity index (χ2n) is 4.04. The molecule has 0 aromatic carbocycles. The summed E-state index contributed by atoms with van der Waals surface area (Å²) >= 11 is 0. The van der Waals surface area contributed by atoms with Crippen LogP contribution in [0.25, 0.3) is 0 Å². The van der Waals surface area contributed by atoms with Crippen LogP contribution in [-0.2, 0) is 8.85 Å². The van der Waals surface area contributed by atoms with Gasteiger partial charge in [0, 0.05) is 19.3 Å². The van der Waals surface area contributed by atoms with Crippen molar-refractivity contribution in [3.63, 3.8) is 0 Å². The molecule has 2 atom stereocenters. The molecule has 0 amide bonds. The molecule has 0 heterocycles. The van der Waals surface area contributed by atoms with Crippen molar-refractivity contribution in [1.82, 2.24) is 6.15 Å². The van der Waals surface area contributed by atoms with Crippen molar-refractivity contribution in [3.8, 4) is 0 Å². The second-order valence-corrected chi connectivity index (χ2v) is 7.29. The molecular weight excluding hydrogens is 208 g/mol. The molecule has 0 aliphatic rings. The van der Waals surface area contributed by atoms with Crippen molar-refractivity contribution < 1.29 is 8.85 Å². The fraction of sp³-hybridized carbons (Fsp3) is 1.00. The highest BCUT2D eigenvalue weighted by molar-refractivity contribution is 6.66. The van der Waals surface area contributed by atoms with E-state index in [4.69, 9.17) is 14.6 Å². The fourth-order valence-electron chi connectivity index (χ4n) is 1.54.